The molecule has 0 aliphatic carbocycles. The molecular formula is C21H26N4. The Balaban J connectivity index is 1.41. The van der Waals surface area contributed by atoms with Gasteiger partial charge >= 0.3 is 0 Å². The number of para-hydroxylation sites is 1. The Bertz CT molecular complexity index is 834. The Labute approximate surface area is 149 Å². The fourth-order valence-electron chi connectivity index (χ4n) is 3.81. The van der Waals surface area contributed by atoms with Crippen LogP contribution >= 0.6 is 0 Å². The van der Waals surface area contributed by atoms with Gasteiger partial charge in [-0.25, -0.2) is 0 Å². The van der Waals surface area contributed by atoms with Crippen LogP contribution in [0.4, 0.5) is 0 Å². The van der Waals surface area contributed by atoms with Gasteiger partial charge < -0.3 is 4.90 Å². The third-order valence-corrected chi connectivity index (χ3v) is 5.03. The molecule has 0 radical (unpaired) electrons. The maximum absolute atomic E-state index is 4.64. The summed E-state index contributed by atoms with van der Waals surface area (Å²) >= 11 is 0. The molecule has 4 rings (SSSR count). The highest BCUT2D eigenvalue weighted by molar-refractivity contribution is 5.78. The molecule has 1 atom stereocenters. The minimum Gasteiger partial charge on any atom is -0.305 e. The van der Waals surface area contributed by atoms with Gasteiger partial charge in [0.1, 0.15) is 0 Å². The summed E-state index contributed by atoms with van der Waals surface area (Å²) in [4.78, 5) is 4.75. The van der Waals surface area contributed by atoms with Crippen molar-refractivity contribution >= 4 is 10.9 Å². The van der Waals surface area contributed by atoms with Crippen LogP contribution in [0.5, 0.6) is 0 Å². The van der Waals surface area contributed by atoms with Crippen LogP contribution in [0, 0.1) is 0 Å². The topological polar surface area (TPSA) is 24.3 Å². The van der Waals surface area contributed by atoms with E-state index in [9.17, 15) is 0 Å². The number of benzene rings is 2. The van der Waals surface area contributed by atoms with E-state index in [1.54, 1.807) is 0 Å². The predicted octanol–water partition coefficient (Wildman–Crippen LogP) is 3.54. The van der Waals surface area contributed by atoms with E-state index in [0.29, 0.717) is 6.04 Å². The van der Waals surface area contributed by atoms with Crippen LogP contribution in [0.2, 0.25) is 0 Å². The zero-order valence-corrected chi connectivity index (χ0v) is 15.1. The van der Waals surface area contributed by atoms with Gasteiger partial charge in [0.15, 0.2) is 0 Å². The highest BCUT2D eigenvalue weighted by Gasteiger charge is 2.25. The second kappa shape index (κ2) is 6.98. The molecule has 1 aromatic heterocycles. The zero-order valence-electron chi connectivity index (χ0n) is 15.1. The van der Waals surface area contributed by atoms with Crippen molar-refractivity contribution in [2.24, 2.45) is 0 Å². The van der Waals surface area contributed by atoms with Gasteiger partial charge in [-0.1, -0.05) is 42.5 Å². The first kappa shape index (κ1) is 16.3. The van der Waals surface area contributed by atoms with E-state index in [0.717, 1.165) is 26.2 Å². The molecule has 4 heteroatoms. The van der Waals surface area contributed by atoms with Gasteiger partial charge in [-0.15, -0.1) is 0 Å². The van der Waals surface area contributed by atoms with Crippen LogP contribution in [0.1, 0.15) is 23.6 Å². The molecule has 1 fully saturated rings. The van der Waals surface area contributed by atoms with Crippen molar-refractivity contribution in [1.82, 2.24) is 19.6 Å². The molecule has 130 valence electrons. The fraction of sp³-hybridized carbons (Fsp3) is 0.381. The summed E-state index contributed by atoms with van der Waals surface area (Å²) in [5.41, 5.74) is 4.02. The molecule has 3 aromatic rings. The lowest BCUT2D eigenvalue weighted by molar-refractivity contribution is 0.313. The summed E-state index contributed by atoms with van der Waals surface area (Å²) in [5, 5.41) is 5.88. The smallest absolute Gasteiger partial charge is 0.0686 e. The fourth-order valence-corrected chi connectivity index (χ4v) is 3.81. The molecule has 0 amide bonds. The van der Waals surface area contributed by atoms with E-state index in [1.807, 2.05) is 6.20 Å². The summed E-state index contributed by atoms with van der Waals surface area (Å²) < 4.78 is 2.22. The minimum atomic E-state index is 0.480. The van der Waals surface area contributed by atoms with Crippen molar-refractivity contribution < 1.29 is 0 Å². The molecule has 0 saturated carbocycles. The summed E-state index contributed by atoms with van der Waals surface area (Å²) in [7, 11) is 4.22. The first-order valence-electron chi connectivity index (χ1n) is 9.06. The highest BCUT2D eigenvalue weighted by Crippen LogP contribution is 2.26. The van der Waals surface area contributed by atoms with Crippen LogP contribution in [0.25, 0.3) is 10.9 Å². The van der Waals surface area contributed by atoms with Crippen molar-refractivity contribution in [1.29, 1.82) is 0 Å². The average molecular weight is 334 g/mol. The maximum atomic E-state index is 4.64. The molecule has 2 heterocycles. The number of likely N-dealkylation sites (tertiary alicyclic amines) is 1. The lowest BCUT2D eigenvalue weighted by Gasteiger charge is -2.17. The van der Waals surface area contributed by atoms with Crippen molar-refractivity contribution in [2.45, 2.75) is 25.6 Å². The Kier molecular flexibility index (Phi) is 4.55. The molecule has 1 aliphatic rings. The minimum absolute atomic E-state index is 0.480. The average Bonchev–Trinajstić information content (AvgIpc) is 3.22. The number of hydrogen-bond acceptors (Lipinski definition) is 3. The van der Waals surface area contributed by atoms with Crippen LogP contribution in [-0.4, -0.2) is 46.8 Å². The third-order valence-electron chi connectivity index (χ3n) is 5.03. The maximum Gasteiger partial charge on any atom is 0.0686 e. The summed E-state index contributed by atoms with van der Waals surface area (Å²) in [5.74, 6) is 0. The van der Waals surface area contributed by atoms with E-state index in [1.165, 1.54) is 28.5 Å². The highest BCUT2D eigenvalue weighted by atomic mass is 15.3. The lowest BCUT2D eigenvalue weighted by Crippen LogP contribution is -2.21. The second-order valence-corrected chi connectivity index (χ2v) is 7.38. The zero-order chi connectivity index (χ0) is 17.2. The molecule has 1 saturated heterocycles. The Morgan fingerprint density at radius 2 is 1.80 bits per heavy atom. The van der Waals surface area contributed by atoms with Gasteiger partial charge in [0.2, 0.25) is 0 Å². The summed E-state index contributed by atoms with van der Waals surface area (Å²) in [6.45, 7) is 4.24. The number of nitrogens with zero attached hydrogens (tertiary/aromatic N) is 4. The normalized spacial score (nSPS) is 18.4. The van der Waals surface area contributed by atoms with Gasteiger partial charge in [-0.3, -0.25) is 9.58 Å². The van der Waals surface area contributed by atoms with Crippen molar-refractivity contribution in [3.05, 3.63) is 65.9 Å². The van der Waals surface area contributed by atoms with E-state index < -0.39 is 0 Å². The third kappa shape index (κ3) is 3.60. The number of fused-ring (bicyclic) bond motifs is 1. The van der Waals surface area contributed by atoms with Crippen molar-refractivity contribution in [3.63, 3.8) is 0 Å². The molecule has 0 N–H and O–H groups in total. The quantitative estimate of drug-likeness (QED) is 0.713. The van der Waals surface area contributed by atoms with E-state index in [2.05, 4.69) is 82.2 Å². The number of rotatable bonds is 5. The first-order valence-corrected chi connectivity index (χ1v) is 9.06. The first-order chi connectivity index (χ1) is 12.2. The van der Waals surface area contributed by atoms with Gasteiger partial charge in [-0.2, -0.15) is 5.10 Å². The Hall–Kier alpha value is -2.17. The van der Waals surface area contributed by atoms with Gasteiger partial charge in [0.05, 0.1) is 17.8 Å². The lowest BCUT2D eigenvalue weighted by atomic mass is 10.1. The molecule has 0 spiro atoms. The van der Waals surface area contributed by atoms with Gasteiger partial charge in [0, 0.05) is 31.6 Å². The van der Waals surface area contributed by atoms with E-state index in [-0.39, 0.29) is 0 Å². The molecule has 25 heavy (non-hydrogen) atoms. The van der Waals surface area contributed by atoms with Crippen LogP contribution in [0.3, 0.4) is 0 Å². The van der Waals surface area contributed by atoms with E-state index in [4.69, 9.17) is 0 Å². The van der Waals surface area contributed by atoms with Gasteiger partial charge in [0.25, 0.3) is 0 Å². The molecular weight excluding hydrogens is 308 g/mol. The number of aromatic nitrogens is 2. The van der Waals surface area contributed by atoms with Crippen LogP contribution in [-0.2, 0) is 13.1 Å². The molecule has 1 unspecified atom stereocenters. The number of hydrogen-bond donors (Lipinski definition) is 0. The summed E-state index contributed by atoms with van der Waals surface area (Å²) in [6.07, 6.45) is 3.16. The van der Waals surface area contributed by atoms with Crippen molar-refractivity contribution in [2.75, 3.05) is 27.2 Å². The van der Waals surface area contributed by atoms with Gasteiger partial charge in [-0.05, 0) is 37.7 Å². The summed E-state index contributed by atoms with van der Waals surface area (Å²) in [6, 6.07) is 18.0. The SMILES string of the molecule is CN(C)Cc1ccc(CN2CCC(n3ncc4ccccc43)C2)cc1. The predicted molar refractivity (Wildman–Crippen MR) is 102 cm³/mol. The Morgan fingerprint density at radius 3 is 2.60 bits per heavy atom. The second-order valence-electron chi connectivity index (χ2n) is 7.38. The Morgan fingerprint density at radius 1 is 1.04 bits per heavy atom. The standard InChI is InChI=1S/C21H26N4/c1-23(2)14-17-7-9-18(10-8-17)15-24-12-11-20(16-24)25-21-6-4-3-5-19(21)13-22-25/h3-10,13,20H,11-12,14-16H2,1-2H3. The monoisotopic (exact) mass is 334 g/mol. The van der Waals surface area contributed by atoms with Crippen LogP contribution in [0.15, 0.2) is 54.7 Å². The molecule has 2 aromatic carbocycles. The molecule has 4 nitrogen and oxygen atoms in total. The van der Waals surface area contributed by atoms with E-state index >= 15 is 0 Å². The largest absolute Gasteiger partial charge is 0.305 e. The molecule has 1 aliphatic heterocycles. The van der Waals surface area contributed by atoms with Crippen LogP contribution < -0.4 is 0 Å². The molecule has 0 bridgehead atoms. The van der Waals surface area contributed by atoms with Crippen molar-refractivity contribution in [3.8, 4) is 0 Å².